The van der Waals surface area contributed by atoms with Crippen molar-refractivity contribution in [2.75, 3.05) is 0 Å². The number of fused-ring (bicyclic) bond motifs is 4. The molecule has 3 nitrogen and oxygen atoms in total. The van der Waals surface area contributed by atoms with Gasteiger partial charge in [0.1, 0.15) is 5.82 Å². The normalized spacial score (nSPS) is 19.2. The van der Waals surface area contributed by atoms with Crippen LogP contribution in [0.1, 0.15) is 74.4 Å². The molecule has 32 heavy (non-hydrogen) atoms. The summed E-state index contributed by atoms with van der Waals surface area (Å²) in [5.74, 6) is 1.69. The van der Waals surface area contributed by atoms with Gasteiger partial charge in [-0.3, -0.25) is 9.36 Å². The van der Waals surface area contributed by atoms with E-state index in [1.165, 1.54) is 41.7 Å². The lowest BCUT2D eigenvalue weighted by molar-refractivity contribution is 0.406. The second kappa shape index (κ2) is 8.22. The Hall–Kier alpha value is -2.33. The largest absolute Gasteiger partial charge is 0.293 e. The zero-order chi connectivity index (χ0) is 21.5. The molecule has 4 heteroatoms. The van der Waals surface area contributed by atoms with E-state index in [9.17, 15) is 4.79 Å². The van der Waals surface area contributed by atoms with Crippen LogP contribution in [-0.4, -0.2) is 9.55 Å². The van der Waals surface area contributed by atoms with E-state index in [2.05, 4.69) is 53.1 Å². The number of benzene rings is 2. The summed E-state index contributed by atoms with van der Waals surface area (Å²) >= 11 is 1.79. The third-order valence-electron chi connectivity index (χ3n) is 7.88. The Bertz CT molecular complexity index is 1190. The van der Waals surface area contributed by atoms with Gasteiger partial charge in [-0.1, -0.05) is 68.1 Å². The smallest absolute Gasteiger partial charge is 0.258 e. The Morgan fingerprint density at radius 1 is 0.938 bits per heavy atom. The molecule has 1 heterocycles. The minimum atomic E-state index is -0.0147. The zero-order valence-electron chi connectivity index (χ0n) is 18.6. The zero-order valence-corrected chi connectivity index (χ0v) is 19.4. The lowest BCUT2D eigenvalue weighted by Gasteiger charge is -2.37. The van der Waals surface area contributed by atoms with Crippen LogP contribution in [0.5, 0.6) is 0 Å². The van der Waals surface area contributed by atoms with Gasteiger partial charge in [0.05, 0.1) is 17.0 Å². The Morgan fingerprint density at radius 3 is 2.44 bits per heavy atom. The average molecular weight is 443 g/mol. The molecule has 2 saturated carbocycles. The van der Waals surface area contributed by atoms with Crippen molar-refractivity contribution >= 4 is 11.8 Å². The maximum absolute atomic E-state index is 14.3. The highest BCUT2D eigenvalue weighted by Gasteiger charge is 2.45. The number of thioether (sulfide) groups is 1. The summed E-state index contributed by atoms with van der Waals surface area (Å²) in [6.07, 6.45) is 10.3. The maximum Gasteiger partial charge on any atom is 0.258 e. The predicted octanol–water partition coefficient (Wildman–Crippen LogP) is 6.69. The Labute approximate surface area is 194 Å². The van der Waals surface area contributed by atoms with Gasteiger partial charge < -0.3 is 0 Å². The average Bonchev–Trinajstić information content (AvgIpc) is 3.51. The van der Waals surface area contributed by atoms with Crippen molar-refractivity contribution in [1.82, 2.24) is 9.55 Å². The van der Waals surface area contributed by atoms with Gasteiger partial charge in [0, 0.05) is 21.9 Å². The quantitative estimate of drug-likeness (QED) is 0.422. The second-order valence-corrected chi connectivity index (χ2v) is 10.8. The van der Waals surface area contributed by atoms with Crippen LogP contribution in [0.3, 0.4) is 0 Å². The van der Waals surface area contributed by atoms with Crippen molar-refractivity contribution < 1.29 is 0 Å². The molecule has 2 fully saturated rings. The minimum absolute atomic E-state index is 0.0147. The van der Waals surface area contributed by atoms with Crippen molar-refractivity contribution in [1.29, 1.82) is 0 Å². The summed E-state index contributed by atoms with van der Waals surface area (Å²) in [5.41, 5.74) is 4.82. The lowest BCUT2D eigenvalue weighted by atomic mass is 9.68. The van der Waals surface area contributed by atoms with Gasteiger partial charge in [-0.25, -0.2) is 4.98 Å². The molecule has 0 amide bonds. The van der Waals surface area contributed by atoms with E-state index in [1.807, 2.05) is 6.07 Å². The van der Waals surface area contributed by atoms with Crippen LogP contribution in [0.25, 0.3) is 11.3 Å². The highest BCUT2D eigenvalue weighted by atomic mass is 32.2. The molecule has 0 unspecified atom stereocenters. The maximum atomic E-state index is 14.3. The molecule has 3 aromatic rings. The van der Waals surface area contributed by atoms with Crippen LogP contribution in [0, 0.1) is 0 Å². The van der Waals surface area contributed by atoms with Crippen molar-refractivity contribution in [3.05, 3.63) is 81.9 Å². The molecule has 1 aromatic heterocycles. The molecule has 0 radical (unpaired) electrons. The third kappa shape index (κ3) is 3.35. The summed E-state index contributed by atoms with van der Waals surface area (Å²) in [7, 11) is 0. The first-order valence-electron chi connectivity index (χ1n) is 12.2. The Balaban J connectivity index is 1.54. The summed E-state index contributed by atoms with van der Waals surface area (Å²) in [6.45, 7) is 0. The number of nitrogens with zero attached hydrogens (tertiary/aromatic N) is 2. The van der Waals surface area contributed by atoms with Crippen LogP contribution in [0.4, 0.5) is 0 Å². The molecule has 2 aromatic carbocycles. The van der Waals surface area contributed by atoms with Crippen LogP contribution >= 0.6 is 11.8 Å². The molecule has 0 aliphatic heterocycles. The molecular formula is C28H30N2OS. The molecule has 3 aliphatic rings. The highest BCUT2D eigenvalue weighted by molar-refractivity contribution is 7.98. The Kier molecular flexibility index (Phi) is 5.21. The third-order valence-corrected chi connectivity index (χ3v) is 8.89. The summed E-state index contributed by atoms with van der Waals surface area (Å²) in [4.78, 5) is 20.9. The van der Waals surface area contributed by atoms with Crippen molar-refractivity contribution in [2.45, 2.75) is 79.9 Å². The molecule has 3 aliphatic carbocycles. The summed E-state index contributed by atoms with van der Waals surface area (Å²) in [6, 6.07) is 19.5. The van der Waals surface area contributed by atoms with Crippen LogP contribution in [0.2, 0.25) is 0 Å². The second-order valence-electron chi connectivity index (χ2n) is 9.79. The van der Waals surface area contributed by atoms with Gasteiger partial charge in [-0.15, -0.1) is 11.8 Å². The fourth-order valence-electron chi connectivity index (χ4n) is 6.39. The summed E-state index contributed by atoms with van der Waals surface area (Å²) < 4.78 is 2.13. The number of rotatable bonds is 4. The van der Waals surface area contributed by atoms with Crippen LogP contribution in [0.15, 0.2) is 64.3 Å². The first-order valence-corrected chi connectivity index (χ1v) is 13.2. The molecule has 0 saturated heterocycles. The molecule has 1 spiro atoms. The molecule has 0 N–H and O–H groups in total. The first-order chi connectivity index (χ1) is 15.8. The predicted molar refractivity (Wildman–Crippen MR) is 131 cm³/mol. The van der Waals surface area contributed by atoms with E-state index >= 15 is 0 Å². The van der Waals surface area contributed by atoms with E-state index in [0.29, 0.717) is 6.04 Å². The molecule has 164 valence electrons. The van der Waals surface area contributed by atoms with Crippen LogP contribution in [-0.2, 0) is 17.6 Å². The van der Waals surface area contributed by atoms with E-state index in [-0.39, 0.29) is 11.0 Å². The van der Waals surface area contributed by atoms with Crippen LogP contribution < -0.4 is 5.56 Å². The number of hydrogen-bond donors (Lipinski definition) is 0. The molecule has 0 bridgehead atoms. The fourth-order valence-corrected chi connectivity index (χ4v) is 7.24. The lowest BCUT2D eigenvalue weighted by Crippen LogP contribution is -2.41. The highest BCUT2D eigenvalue weighted by Crippen LogP contribution is 2.50. The van der Waals surface area contributed by atoms with E-state index < -0.39 is 0 Å². The monoisotopic (exact) mass is 442 g/mol. The topological polar surface area (TPSA) is 34.9 Å². The van der Waals surface area contributed by atoms with Crippen molar-refractivity contribution in [3.8, 4) is 11.3 Å². The minimum Gasteiger partial charge on any atom is -0.293 e. The summed E-state index contributed by atoms with van der Waals surface area (Å²) in [5, 5.41) is 0. The van der Waals surface area contributed by atoms with Crippen molar-refractivity contribution in [2.24, 2.45) is 0 Å². The number of aromatic nitrogens is 2. The molecule has 0 atom stereocenters. The standard InChI is InChI=1S/C28H30N2OS/c31-27-25-26(23-15-7-4-10-20(23)18-28(25)16-8-9-17-28)29-24(30(27)21-11-5-6-12-21)19-32-22-13-2-1-3-14-22/h1-4,7,10,13-15,21H,5-6,8-9,11-12,16-19H2. The van der Waals surface area contributed by atoms with Gasteiger partial charge >= 0.3 is 0 Å². The molecular weight excluding hydrogens is 412 g/mol. The van der Waals surface area contributed by atoms with Gasteiger partial charge in [-0.05, 0) is 49.8 Å². The van der Waals surface area contributed by atoms with E-state index in [0.717, 1.165) is 54.9 Å². The van der Waals surface area contributed by atoms with Gasteiger partial charge in [-0.2, -0.15) is 0 Å². The Morgan fingerprint density at radius 2 is 1.66 bits per heavy atom. The SMILES string of the molecule is O=c1c2c(nc(CSc3ccccc3)n1C1CCCC1)-c1ccccc1CC21CCCC1. The fraction of sp³-hybridized carbons (Fsp3) is 0.429. The van der Waals surface area contributed by atoms with Gasteiger partial charge in [0.2, 0.25) is 0 Å². The van der Waals surface area contributed by atoms with E-state index in [4.69, 9.17) is 4.98 Å². The number of hydrogen-bond acceptors (Lipinski definition) is 3. The van der Waals surface area contributed by atoms with Gasteiger partial charge in [0.15, 0.2) is 0 Å². The van der Waals surface area contributed by atoms with Gasteiger partial charge in [0.25, 0.3) is 5.56 Å². The first kappa shape index (κ1) is 20.3. The van der Waals surface area contributed by atoms with E-state index in [1.54, 1.807) is 11.8 Å². The van der Waals surface area contributed by atoms with Crippen molar-refractivity contribution in [3.63, 3.8) is 0 Å². The molecule has 6 rings (SSSR count).